The van der Waals surface area contributed by atoms with Gasteiger partial charge in [0.2, 0.25) is 0 Å². The van der Waals surface area contributed by atoms with Gasteiger partial charge in [0, 0.05) is 32.4 Å². The van der Waals surface area contributed by atoms with Gasteiger partial charge in [0.1, 0.15) is 5.75 Å². The van der Waals surface area contributed by atoms with E-state index in [1.165, 1.54) is 12.1 Å². The lowest BCUT2D eigenvalue weighted by atomic mass is 10.1. The molecule has 2 rings (SSSR count). The van der Waals surface area contributed by atoms with Crippen molar-refractivity contribution < 1.29 is 41.0 Å². The fraction of sp³-hybridized carbons (Fsp3) is 0.529. The first-order chi connectivity index (χ1) is 13.2. The summed E-state index contributed by atoms with van der Waals surface area (Å²) in [6.07, 6.45) is -4.05. The number of hydrogen-bond acceptors (Lipinski definition) is 6. The Morgan fingerprint density at radius 2 is 1.72 bits per heavy atom. The molecule has 2 N–H and O–H groups in total. The molecule has 1 amide bonds. The predicted octanol–water partition coefficient (Wildman–Crippen LogP) is 1.56. The Balaban J connectivity index is 0.000000516. The van der Waals surface area contributed by atoms with Gasteiger partial charge in [-0.25, -0.2) is 13.2 Å². The zero-order chi connectivity index (χ0) is 22.4. The van der Waals surface area contributed by atoms with E-state index in [-0.39, 0.29) is 16.9 Å². The van der Waals surface area contributed by atoms with Crippen LogP contribution in [0.15, 0.2) is 23.1 Å². The van der Waals surface area contributed by atoms with Crippen LogP contribution in [-0.4, -0.2) is 75.0 Å². The highest BCUT2D eigenvalue weighted by molar-refractivity contribution is 7.90. The minimum absolute atomic E-state index is 0.0985. The lowest BCUT2D eigenvalue weighted by molar-refractivity contribution is -0.192. The monoisotopic (exact) mass is 440 g/mol. The largest absolute Gasteiger partial charge is 0.490 e. The van der Waals surface area contributed by atoms with E-state index < -0.39 is 22.0 Å². The molecule has 0 atom stereocenters. The number of rotatable bonds is 4. The number of piperazine rings is 1. The summed E-state index contributed by atoms with van der Waals surface area (Å²) in [5, 5.41) is 10.3. The van der Waals surface area contributed by atoms with Gasteiger partial charge < -0.3 is 20.1 Å². The molecule has 0 aromatic heterocycles. The van der Waals surface area contributed by atoms with Crippen molar-refractivity contribution in [2.75, 3.05) is 32.4 Å². The molecule has 0 unspecified atom stereocenters. The number of carboxylic acids is 1. The van der Waals surface area contributed by atoms with Gasteiger partial charge in [0.25, 0.3) is 5.91 Å². The molecule has 29 heavy (non-hydrogen) atoms. The molecule has 1 aliphatic rings. The van der Waals surface area contributed by atoms with Gasteiger partial charge in [-0.3, -0.25) is 4.79 Å². The Hall–Kier alpha value is -2.34. The molecule has 0 saturated carbocycles. The van der Waals surface area contributed by atoms with Crippen molar-refractivity contribution >= 4 is 21.7 Å². The summed E-state index contributed by atoms with van der Waals surface area (Å²) in [7, 11) is -3.37. The number of benzene rings is 1. The Morgan fingerprint density at radius 3 is 2.14 bits per heavy atom. The molecule has 1 saturated heterocycles. The van der Waals surface area contributed by atoms with Crippen LogP contribution in [0, 0.1) is 0 Å². The summed E-state index contributed by atoms with van der Waals surface area (Å²) >= 11 is 0. The zero-order valence-corrected chi connectivity index (χ0v) is 16.9. The van der Waals surface area contributed by atoms with Crippen LogP contribution in [0.25, 0.3) is 0 Å². The van der Waals surface area contributed by atoms with Crippen molar-refractivity contribution in [1.29, 1.82) is 0 Å². The van der Waals surface area contributed by atoms with Gasteiger partial charge in [-0.05, 0) is 32.0 Å². The van der Waals surface area contributed by atoms with E-state index in [2.05, 4.69) is 5.32 Å². The van der Waals surface area contributed by atoms with Crippen LogP contribution in [-0.2, 0) is 14.6 Å². The quantitative estimate of drug-likeness (QED) is 0.731. The minimum atomic E-state index is -5.08. The highest BCUT2D eigenvalue weighted by atomic mass is 32.2. The summed E-state index contributed by atoms with van der Waals surface area (Å²) in [5.41, 5.74) is 0.304. The Bertz CT molecular complexity index is 834. The topological polar surface area (TPSA) is 113 Å². The van der Waals surface area contributed by atoms with Gasteiger partial charge in [-0.1, -0.05) is 0 Å². The summed E-state index contributed by atoms with van der Waals surface area (Å²) in [6, 6.07) is 4.45. The summed E-state index contributed by atoms with van der Waals surface area (Å²) in [4.78, 5) is 23.4. The maximum Gasteiger partial charge on any atom is 0.490 e. The number of carbonyl (C=O) groups excluding carboxylic acids is 1. The van der Waals surface area contributed by atoms with Gasteiger partial charge in [0.15, 0.2) is 9.84 Å². The number of ether oxygens (including phenoxy) is 1. The molecule has 8 nitrogen and oxygen atoms in total. The first-order valence-electron chi connectivity index (χ1n) is 8.54. The van der Waals surface area contributed by atoms with Crippen molar-refractivity contribution in [3.8, 4) is 5.75 Å². The van der Waals surface area contributed by atoms with Crippen molar-refractivity contribution in [3.05, 3.63) is 23.8 Å². The third kappa shape index (κ3) is 7.89. The summed E-state index contributed by atoms with van der Waals surface area (Å²) < 4.78 is 60.9. The van der Waals surface area contributed by atoms with E-state index >= 15 is 0 Å². The van der Waals surface area contributed by atoms with Crippen LogP contribution < -0.4 is 10.1 Å². The Morgan fingerprint density at radius 1 is 1.21 bits per heavy atom. The molecule has 0 spiro atoms. The number of halogens is 3. The molecule has 12 heteroatoms. The fourth-order valence-electron chi connectivity index (χ4n) is 2.30. The number of carboxylic acid groups (broad SMARTS) is 1. The van der Waals surface area contributed by atoms with Crippen molar-refractivity contribution in [3.63, 3.8) is 0 Å². The van der Waals surface area contributed by atoms with Crippen LogP contribution in [0.1, 0.15) is 24.2 Å². The van der Waals surface area contributed by atoms with Gasteiger partial charge in [0.05, 0.1) is 16.6 Å². The third-order valence-corrected chi connectivity index (χ3v) is 4.73. The fourth-order valence-corrected chi connectivity index (χ4v) is 2.95. The van der Waals surface area contributed by atoms with Crippen LogP contribution >= 0.6 is 0 Å². The Labute approximate surface area is 166 Å². The molecule has 1 aliphatic heterocycles. The van der Waals surface area contributed by atoms with Crippen LogP contribution in [0.5, 0.6) is 5.75 Å². The van der Waals surface area contributed by atoms with Gasteiger partial charge >= 0.3 is 12.1 Å². The molecule has 1 aromatic carbocycles. The number of nitrogens with one attached hydrogen (secondary N) is 1. The molecule has 0 aliphatic carbocycles. The summed E-state index contributed by atoms with van der Waals surface area (Å²) in [5.74, 6) is -2.53. The molecule has 0 radical (unpaired) electrons. The van der Waals surface area contributed by atoms with Gasteiger partial charge in [-0.15, -0.1) is 0 Å². The summed E-state index contributed by atoms with van der Waals surface area (Å²) in [6.45, 7) is 6.40. The normalized spacial score (nSPS) is 14.8. The zero-order valence-electron chi connectivity index (χ0n) is 16.1. The number of nitrogens with zero attached hydrogens (tertiary/aromatic N) is 1. The average Bonchev–Trinajstić information content (AvgIpc) is 2.60. The first-order valence-corrected chi connectivity index (χ1v) is 10.4. The highest BCUT2D eigenvalue weighted by Gasteiger charge is 2.38. The van der Waals surface area contributed by atoms with Crippen molar-refractivity contribution in [2.24, 2.45) is 0 Å². The lowest BCUT2D eigenvalue weighted by Crippen LogP contribution is -2.46. The van der Waals surface area contributed by atoms with Crippen LogP contribution in [0.3, 0.4) is 0 Å². The Kier molecular flexibility index (Phi) is 8.45. The van der Waals surface area contributed by atoms with Crippen molar-refractivity contribution in [1.82, 2.24) is 10.2 Å². The molecular formula is C17H23F3N2O6S. The van der Waals surface area contributed by atoms with E-state index in [1.807, 2.05) is 13.8 Å². The number of sulfone groups is 1. The number of hydrogen-bond donors (Lipinski definition) is 2. The van der Waals surface area contributed by atoms with E-state index in [1.54, 1.807) is 11.0 Å². The second-order valence-electron chi connectivity index (χ2n) is 6.44. The lowest BCUT2D eigenvalue weighted by Gasteiger charge is -2.28. The van der Waals surface area contributed by atoms with E-state index in [9.17, 15) is 26.4 Å². The second-order valence-corrected chi connectivity index (χ2v) is 8.46. The predicted molar refractivity (Wildman–Crippen MR) is 97.8 cm³/mol. The van der Waals surface area contributed by atoms with Crippen LogP contribution in [0.4, 0.5) is 13.2 Å². The average molecular weight is 440 g/mol. The maximum absolute atomic E-state index is 12.7. The SMILES string of the molecule is CC(C)Oc1ccc(S(C)(=O)=O)cc1C(=O)N1CCNCC1.O=C(O)C(F)(F)F. The van der Waals surface area contributed by atoms with E-state index in [0.717, 1.165) is 19.3 Å². The molecule has 164 valence electrons. The highest BCUT2D eigenvalue weighted by Crippen LogP contribution is 2.25. The smallest absolute Gasteiger partial charge is 0.490 e. The minimum Gasteiger partial charge on any atom is -0.490 e. The van der Waals surface area contributed by atoms with E-state index in [0.29, 0.717) is 24.4 Å². The number of alkyl halides is 3. The number of amides is 1. The van der Waals surface area contributed by atoms with Gasteiger partial charge in [-0.2, -0.15) is 13.2 Å². The van der Waals surface area contributed by atoms with Crippen LogP contribution in [0.2, 0.25) is 0 Å². The molecule has 1 aromatic rings. The maximum atomic E-state index is 12.7. The molecule has 1 fully saturated rings. The standard InChI is InChI=1S/C15H22N2O4S.C2HF3O2/c1-11(2)21-14-5-4-12(22(3,19)20)10-13(14)15(18)17-8-6-16-7-9-17;3-2(4,5)1(6)7/h4-5,10-11,16H,6-9H2,1-3H3;(H,6,7). The molecule has 1 heterocycles. The number of carbonyl (C=O) groups is 2. The van der Waals surface area contributed by atoms with E-state index in [4.69, 9.17) is 14.6 Å². The molecular weight excluding hydrogens is 417 g/mol. The third-order valence-electron chi connectivity index (χ3n) is 3.62. The molecule has 0 bridgehead atoms. The number of aliphatic carboxylic acids is 1. The van der Waals surface area contributed by atoms with Crippen molar-refractivity contribution in [2.45, 2.75) is 31.0 Å². The second kappa shape index (κ2) is 9.92. The first kappa shape index (κ1) is 24.7.